The van der Waals surface area contributed by atoms with Crippen LogP contribution in [0.15, 0.2) is 0 Å². The van der Waals surface area contributed by atoms with Crippen molar-refractivity contribution in [3.8, 4) is 0 Å². The third kappa shape index (κ3) is 1.97. The predicted octanol–water partition coefficient (Wildman–Crippen LogP) is 0.0643. The van der Waals surface area contributed by atoms with Gasteiger partial charge in [0.15, 0.2) is 0 Å². The van der Waals surface area contributed by atoms with Gasteiger partial charge in [0.25, 0.3) is 10.2 Å². The Hall–Kier alpha value is -0.130. The largest absolute Gasteiger partial charge is 0.277 e. The Balaban J connectivity index is 2.00. The SMILES string of the molecule is NS(=O)(=O)N(CC1CC1)C1CC1. The molecule has 0 aromatic heterocycles. The van der Waals surface area contributed by atoms with Gasteiger partial charge in [-0.2, -0.15) is 12.7 Å². The van der Waals surface area contributed by atoms with E-state index < -0.39 is 10.2 Å². The Labute approximate surface area is 72.9 Å². The van der Waals surface area contributed by atoms with E-state index in [9.17, 15) is 8.42 Å². The Morgan fingerprint density at radius 1 is 1.25 bits per heavy atom. The summed E-state index contributed by atoms with van der Waals surface area (Å²) in [6, 6.07) is 0.223. The average molecular weight is 190 g/mol. The molecule has 2 rings (SSSR count). The highest BCUT2D eigenvalue weighted by Gasteiger charge is 2.38. The lowest BCUT2D eigenvalue weighted by atomic mass is 10.4. The molecule has 5 heteroatoms. The Bertz CT molecular complexity index is 267. The highest BCUT2D eigenvalue weighted by molar-refractivity contribution is 7.86. The van der Waals surface area contributed by atoms with Gasteiger partial charge in [0.1, 0.15) is 0 Å². The van der Waals surface area contributed by atoms with Crippen LogP contribution in [-0.2, 0) is 10.2 Å². The molecule has 0 radical (unpaired) electrons. The van der Waals surface area contributed by atoms with Crippen LogP contribution in [0.5, 0.6) is 0 Å². The van der Waals surface area contributed by atoms with Crippen LogP contribution in [0.4, 0.5) is 0 Å². The second-order valence-electron chi connectivity index (χ2n) is 3.79. The minimum absolute atomic E-state index is 0.223. The highest BCUT2D eigenvalue weighted by atomic mass is 32.2. The van der Waals surface area contributed by atoms with E-state index in [4.69, 9.17) is 5.14 Å². The third-order valence-corrected chi connectivity index (χ3v) is 3.52. The molecule has 0 bridgehead atoms. The number of nitrogens with two attached hydrogens (primary N) is 1. The summed E-state index contributed by atoms with van der Waals surface area (Å²) in [6.45, 7) is 0.656. The third-order valence-electron chi connectivity index (χ3n) is 2.42. The van der Waals surface area contributed by atoms with Crippen LogP contribution in [-0.4, -0.2) is 25.3 Å². The highest BCUT2D eigenvalue weighted by Crippen LogP contribution is 2.35. The summed E-state index contributed by atoms with van der Waals surface area (Å²) in [4.78, 5) is 0. The summed E-state index contributed by atoms with van der Waals surface area (Å²) in [5.41, 5.74) is 0. The average Bonchev–Trinajstić information content (AvgIpc) is 2.77. The fraction of sp³-hybridized carbons (Fsp3) is 1.00. The molecule has 70 valence electrons. The van der Waals surface area contributed by atoms with Crippen LogP contribution in [0.25, 0.3) is 0 Å². The molecule has 2 saturated carbocycles. The maximum absolute atomic E-state index is 11.1. The van der Waals surface area contributed by atoms with Gasteiger partial charge in [-0.15, -0.1) is 0 Å². The molecule has 2 aliphatic carbocycles. The first-order valence-corrected chi connectivity index (χ1v) is 5.87. The fourth-order valence-corrected chi connectivity index (χ4v) is 2.42. The van der Waals surface area contributed by atoms with E-state index in [0.29, 0.717) is 12.5 Å². The molecule has 0 atom stereocenters. The maximum Gasteiger partial charge on any atom is 0.277 e. The number of nitrogens with zero attached hydrogens (tertiary/aromatic N) is 1. The summed E-state index contributed by atoms with van der Waals surface area (Å²) >= 11 is 0. The molecule has 4 nitrogen and oxygen atoms in total. The van der Waals surface area contributed by atoms with Crippen LogP contribution in [0, 0.1) is 5.92 Å². The summed E-state index contributed by atoms with van der Waals surface area (Å²) < 4.78 is 23.6. The van der Waals surface area contributed by atoms with Crippen LogP contribution in [0.1, 0.15) is 25.7 Å². The standard InChI is InChI=1S/C7H14N2O2S/c8-12(10,11)9(7-3-4-7)5-6-1-2-6/h6-7H,1-5H2,(H2,8,10,11). The zero-order chi connectivity index (χ0) is 8.77. The van der Waals surface area contributed by atoms with E-state index in [0.717, 1.165) is 12.8 Å². The first-order valence-electron chi connectivity index (χ1n) is 4.37. The van der Waals surface area contributed by atoms with Crippen molar-refractivity contribution in [2.45, 2.75) is 31.7 Å². The van der Waals surface area contributed by atoms with E-state index in [-0.39, 0.29) is 6.04 Å². The molecule has 0 saturated heterocycles. The maximum atomic E-state index is 11.1. The van der Waals surface area contributed by atoms with Crippen LogP contribution in [0.2, 0.25) is 0 Å². The lowest BCUT2D eigenvalue weighted by molar-refractivity contribution is 0.389. The van der Waals surface area contributed by atoms with Crippen molar-refractivity contribution in [3.05, 3.63) is 0 Å². The predicted molar refractivity (Wildman–Crippen MR) is 45.6 cm³/mol. The molecule has 0 amide bonds. The van der Waals surface area contributed by atoms with E-state index in [1.807, 2.05) is 0 Å². The monoisotopic (exact) mass is 190 g/mol. The topological polar surface area (TPSA) is 63.4 Å². The Morgan fingerprint density at radius 3 is 2.17 bits per heavy atom. The molecular weight excluding hydrogens is 176 g/mol. The van der Waals surface area contributed by atoms with Crippen molar-refractivity contribution in [1.29, 1.82) is 0 Å². The number of hydrogen-bond donors (Lipinski definition) is 1. The molecule has 2 N–H and O–H groups in total. The van der Waals surface area contributed by atoms with E-state index >= 15 is 0 Å². The summed E-state index contributed by atoms with van der Waals surface area (Å²) in [5.74, 6) is 0.587. The minimum atomic E-state index is -3.42. The van der Waals surface area contributed by atoms with Crippen molar-refractivity contribution >= 4 is 10.2 Å². The number of hydrogen-bond acceptors (Lipinski definition) is 2. The molecular formula is C7H14N2O2S. The summed E-state index contributed by atoms with van der Waals surface area (Å²) in [6.07, 6.45) is 4.31. The molecule has 0 spiro atoms. The zero-order valence-electron chi connectivity index (χ0n) is 6.94. The van der Waals surface area contributed by atoms with Gasteiger partial charge in [-0.25, -0.2) is 5.14 Å². The lowest BCUT2D eigenvalue weighted by Crippen LogP contribution is -2.39. The summed E-state index contributed by atoms with van der Waals surface area (Å²) in [7, 11) is -3.42. The zero-order valence-corrected chi connectivity index (χ0v) is 7.76. The molecule has 0 aromatic rings. The van der Waals surface area contributed by atoms with Crippen molar-refractivity contribution in [2.75, 3.05) is 6.54 Å². The van der Waals surface area contributed by atoms with Crippen molar-refractivity contribution in [1.82, 2.24) is 4.31 Å². The smallest absolute Gasteiger partial charge is 0.216 e. The van der Waals surface area contributed by atoms with Crippen LogP contribution < -0.4 is 5.14 Å². The first-order chi connectivity index (χ1) is 5.57. The molecule has 0 unspecified atom stereocenters. The Kier molecular flexibility index (Phi) is 1.89. The van der Waals surface area contributed by atoms with Gasteiger partial charge in [-0.1, -0.05) is 0 Å². The molecule has 0 aliphatic heterocycles. The van der Waals surface area contributed by atoms with E-state index in [1.54, 1.807) is 0 Å². The van der Waals surface area contributed by atoms with Gasteiger partial charge in [0.2, 0.25) is 0 Å². The van der Waals surface area contributed by atoms with Crippen LogP contribution in [0.3, 0.4) is 0 Å². The Morgan fingerprint density at radius 2 is 1.83 bits per heavy atom. The van der Waals surface area contributed by atoms with Gasteiger partial charge in [-0.05, 0) is 31.6 Å². The van der Waals surface area contributed by atoms with Gasteiger partial charge in [0, 0.05) is 12.6 Å². The second-order valence-corrected chi connectivity index (χ2v) is 5.29. The van der Waals surface area contributed by atoms with Gasteiger partial charge in [-0.3, -0.25) is 0 Å². The fourth-order valence-electron chi connectivity index (χ4n) is 1.38. The van der Waals surface area contributed by atoms with Gasteiger partial charge in [0.05, 0.1) is 0 Å². The normalized spacial score (nSPS) is 24.8. The molecule has 2 aliphatic rings. The quantitative estimate of drug-likeness (QED) is 0.681. The minimum Gasteiger partial charge on any atom is -0.216 e. The van der Waals surface area contributed by atoms with Gasteiger partial charge < -0.3 is 0 Å². The van der Waals surface area contributed by atoms with Crippen molar-refractivity contribution in [2.24, 2.45) is 11.1 Å². The summed E-state index contributed by atoms with van der Waals surface area (Å²) in [5, 5.41) is 5.09. The molecule has 0 heterocycles. The lowest BCUT2D eigenvalue weighted by Gasteiger charge is -2.17. The van der Waals surface area contributed by atoms with Crippen molar-refractivity contribution < 1.29 is 8.42 Å². The second kappa shape index (κ2) is 2.68. The van der Waals surface area contributed by atoms with Crippen molar-refractivity contribution in [3.63, 3.8) is 0 Å². The van der Waals surface area contributed by atoms with Gasteiger partial charge >= 0.3 is 0 Å². The molecule has 0 aromatic carbocycles. The van der Waals surface area contributed by atoms with Crippen LogP contribution >= 0.6 is 0 Å². The molecule has 2 fully saturated rings. The van der Waals surface area contributed by atoms with E-state index in [1.165, 1.54) is 17.1 Å². The van der Waals surface area contributed by atoms with E-state index in [2.05, 4.69) is 0 Å². The molecule has 12 heavy (non-hydrogen) atoms. The first kappa shape index (κ1) is 8.47. The number of rotatable bonds is 4.